The van der Waals surface area contributed by atoms with Crippen molar-refractivity contribution in [2.75, 3.05) is 0 Å². The van der Waals surface area contributed by atoms with E-state index in [2.05, 4.69) is 6.07 Å². The van der Waals surface area contributed by atoms with Gasteiger partial charge in [0.25, 0.3) is 0 Å². The fourth-order valence-electron chi connectivity index (χ4n) is 1.34. The first-order chi connectivity index (χ1) is 5.75. The molecule has 0 amide bonds. The first-order valence-corrected chi connectivity index (χ1v) is 3.93. The van der Waals surface area contributed by atoms with Crippen molar-refractivity contribution in [2.45, 2.75) is 6.92 Å². The first-order valence-electron chi connectivity index (χ1n) is 3.93. The van der Waals surface area contributed by atoms with E-state index in [1.807, 2.05) is 25.1 Å². The Morgan fingerprint density at radius 3 is 2.31 bits per heavy atom. The van der Waals surface area contributed by atoms with Gasteiger partial charge in [-0.15, -0.1) is 5.75 Å². The van der Waals surface area contributed by atoms with Crippen LogP contribution in [0, 0.1) is 6.92 Å². The van der Waals surface area contributed by atoms with Gasteiger partial charge in [0.1, 0.15) is 0 Å². The number of rotatable bonds is 0. The third-order valence-electron chi connectivity index (χ3n) is 1.97. The summed E-state index contributed by atoms with van der Waals surface area (Å²) in [5.41, 5.74) is 1.22. The number of hydrogen-bond acceptors (Lipinski definition) is 1. The minimum Gasteiger partial charge on any atom is -0.872 e. The van der Waals surface area contributed by atoms with Gasteiger partial charge in [-0.25, -0.2) is 0 Å². The summed E-state index contributed by atoms with van der Waals surface area (Å²) in [6, 6.07) is 11.2. The Bertz CT molecular complexity index is 382. The second-order valence-corrected chi connectivity index (χ2v) is 3.01. The Morgan fingerprint density at radius 2 is 1.54 bits per heavy atom. The molecule has 0 saturated heterocycles. The Morgan fingerprint density at radius 1 is 0.923 bits per heavy atom. The zero-order valence-electron chi connectivity index (χ0n) is 7.87. The summed E-state index contributed by atoms with van der Waals surface area (Å²) in [6.07, 6.45) is 0. The van der Waals surface area contributed by atoms with Crippen molar-refractivity contribution < 1.29 is 63.3 Å². The molecule has 0 spiro atoms. The average molecular weight is 243 g/mol. The van der Waals surface area contributed by atoms with Gasteiger partial charge in [-0.3, -0.25) is 0 Å². The molecule has 0 saturated carbocycles. The third kappa shape index (κ3) is 2.63. The van der Waals surface area contributed by atoms with Gasteiger partial charge in [-0.05, 0) is 17.7 Å². The summed E-state index contributed by atoms with van der Waals surface area (Å²) in [4.78, 5) is 0. The molecular formula is C11H9ORb. The second-order valence-electron chi connectivity index (χ2n) is 3.01. The topological polar surface area (TPSA) is 23.1 Å². The molecule has 0 aliphatic heterocycles. The van der Waals surface area contributed by atoms with Crippen LogP contribution in [-0.2, 0) is 0 Å². The molecule has 0 aliphatic carbocycles. The van der Waals surface area contributed by atoms with Crippen LogP contribution in [-0.4, -0.2) is 0 Å². The van der Waals surface area contributed by atoms with E-state index >= 15 is 0 Å². The minimum atomic E-state index is 0. The largest absolute Gasteiger partial charge is 1.00 e. The summed E-state index contributed by atoms with van der Waals surface area (Å²) >= 11 is 0. The molecule has 0 radical (unpaired) electrons. The fraction of sp³-hybridized carbons (Fsp3) is 0.0909. The van der Waals surface area contributed by atoms with Crippen LogP contribution in [0.4, 0.5) is 0 Å². The first kappa shape index (κ1) is 11.4. The summed E-state index contributed by atoms with van der Waals surface area (Å²) in [5, 5.41) is 13.1. The summed E-state index contributed by atoms with van der Waals surface area (Å²) in [7, 11) is 0. The van der Waals surface area contributed by atoms with Gasteiger partial charge in [0.15, 0.2) is 0 Å². The molecule has 0 atom stereocenters. The maximum absolute atomic E-state index is 11.0. The van der Waals surface area contributed by atoms with E-state index in [9.17, 15) is 5.11 Å². The molecular weight excluding hydrogens is 234 g/mol. The Balaban J connectivity index is 0.000000845. The van der Waals surface area contributed by atoms with Gasteiger partial charge in [-0.2, -0.15) is 0 Å². The quantitative estimate of drug-likeness (QED) is 0.595. The van der Waals surface area contributed by atoms with Crippen LogP contribution in [0.3, 0.4) is 0 Å². The van der Waals surface area contributed by atoms with Crippen molar-refractivity contribution in [3.63, 3.8) is 0 Å². The van der Waals surface area contributed by atoms with Crippen molar-refractivity contribution in [2.24, 2.45) is 0 Å². The molecule has 13 heavy (non-hydrogen) atoms. The van der Waals surface area contributed by atoms with E-state index in [0.29, 0.717) is 0 Å². The molecule has 0 N–H and O–H groups in total. The van der Waals surface area contributed by atoms with Crippen LogP contribution < -0.4 is 63.3 Å². The van der Waals surface area contributed by atoms with Crippen molar-refractivity contribution >= 4 is 10.8 Å². The summed E-state index contributed by atoms with van der Waals surface area (Å²) in [5.74, 6) is 0.0753. The molecule has 2 rings (SSSR count). The van der Waals surface area contributed by atoms with Crippen LogP contribution in [0.25, 0.3) is 10.8 Å². The molecule has 2 heteroatoms. The molecule has 0 heterocycles. The predicted octanol–water partition coefficient (Wildman–Crippen LogP) is -0.774. The van der Waals surface area contributed by atoms with E-state index in [0.717, 1.165) is 10.8 Å². The fourth-order valence-corrected chi connectivity index (χ4v) is 1.34. The Hall–Kier alpha value is 0.305. The Labute approximate surface area is 127 Å². The monoisotopic (exact) mass is 242 g/mol. The molecule has 1 nitrogen and oxygen atoms in total. The van der Waals surface area contributed by atoms with Gasteiger partial charge >= 0.3 is 58.2 Å². The van der Waals surface area contributed by atoms with Crippen LogP contribution in [0.5, 0.6) is 5.75 Å². The van der Waals surface area contributed by atoms with Crippen LogP contribution in [0.2, 0.25) is 0 Å². The number of benzene rings is 2. The normalized spacial score (nSPS) is 9.62. The van der Waals surface area contributed by atoms with Crippen molar-refractivity contribution in [3.05, 3.63) is 42.0 Å². The zero-order valence-corrected chi connectivity index (χ0v) is 12.8. The van der Waals surface area contributed by atoms with Gasteiger partial charge < -0.3 is 5.11 Å². The van der Waals surface area contributed by atoms with Crippen LogP contribution >= 0.6 is 0 Å². The third-order valence-corrected chi connectivity index (χ3v) is 1.97. The van der Waals surface area contributed by atoms with Gasteiger partial charge in [0, 0.05) is 0 Å². The smallest absolute Gasteiger partial charge is 0.872 e. The molecule has 0 bridgehead atoms. The van der Waals surface area contributed by atoms with Crippen LogP contribution in [0.15, 0.2) is 36.4 Å². The maximum Gasteiger partial charge on any atom is 1.00 e. The predicted molar refractivity (Wildman–Crippen MR) is 48.1 cm³/mol. The molecule has 0 aliphatic rings. The number of aryl methyl sites for hydroxylation is 1. The van der Waals surface area contributed by atoms with Gasteiger partial charge in [0.2, 0.25) is 0 Å². The maximum atomic E-state index is 11.0. The van der Waals surface area contributed by atoms with E-state index < -0.39 is 0 Å². The van der Waals surface area contributed by atoms with Gasteiger partial charge in [-0.1, -0.05) is 42.0 Å². The van der Waals surface area contributed by atoms with Crippen molar-refractivity contribution in [1.29, 1.82) is 0 Å². The molecule has 2 aromatic carbocycles. The van der Waals surface area contributed by atoms with Crippen molar-refractivity contribution in [3.8, 4) is 5.75 Å². The molecule has 0 fully saturated rings. The second kappa shape index (κ2) is 4.69. The Kier molecular flexibility index (Phi) is 4.11. The number of fused-ring (bicyclic) bond motifs is 1. The summed E-state index contributed by atoms with van der Waals surface area (Å²) < 4.78 is 0. The van der Waals surface area contributed by atoms with E-state index in [-0.39, 0.29) is 63.9 Å². The van der Waals surface area contributed by atoms with E-state index in [4.69, 9.17) is 0 Å². The molecule has 60 valence electrons. The number of hydrogen-bond donors (Lipinski definition) is 0. The SMILES string of the molecule is Cc1ccc2cc([O-])ccc2c1.[Rb+]. The standard InChI is InChI=1S/C11H10O.Rb/c1-8-2-3-10-7-11(12)5-4-9(10)6-8;/h2-7,12H,1H3;/q;+1/p-1. The van der Waals surface area contributed by atoms with Crippen molar-refractivity contribution in [1.82, 2.24) is 0 Å². The zero-order chi connectivity index (χ0) is 8.55. The minimum absolute atomic E-state index is 0. The van der Waals surface area contributed by atoms with E-state index in [1.54, 1.807) is 12.1 Å². The van der Waals surface area contributed by atoms with E-state index in [1.165, 1.54) is 5.56 Å². The van der Waals surface area contributed by atoms with Crippen LogP contribution in [0.1, 0.15) is 5.56 Å². The molecule has 0 aromatic heterocycles. The van der Waals surface area contributed by atoms with Gasteiger partial charge in [0.05, 0.1) is 0 Å². The summed E-state index contributed by atoms with van der Waals surface area (Å²) in [6.45, 7) is 2.05. The molecule has 0 unspecified atom stereocenters. The average Bonchev–Trinajstić information content (AvgIpc) is 2.05. The molecule has 2 aromatic rings.